The molecule has 0 N–H and O–H groups in total. The van der Waals surface area contributed by atoms with Crippen molar-refractivity contribution in [2.75, 3.05) is 7.11 Å². The van der Waals surface area contributed by atoms with Gasteiger partial charge in [0, 0.05) is 0 Å². The number of hydrogen-bond acceptors (Lipinski definition) is 2. The van der Waals surface area contributed by atoms with Gasteiger partial charge >= 0.3 is 0 Å². The first kappa shape index (κ1) is 12.8. The van der Waals surface area contributed by atoms with E-state index in [0.29, 0.717) is 5.92 Å². The van der Waals surface area contributed by atoms with Crippen LogP contribution < -0.4 is 4.74 Å². The average Bonchev–Trinajstić information content (AvgIpc) is 2.39. The second-order valence-corrected chi connectivity index (χ2v) is 4.76. The first-order valence-electron chi connectivity index (χ1n) is 6.19. The van der Waals surface area contributed by atoms with E-state index in [1.165, 1.54) is 19.2 Å². The molecule has 0 aromatic heterocycles. The first-order chi connectivity index (χ1) is 8.63. The topological polar surface area (TPSA) is 26.3 Å². The molecule has 1 aromatic rings. The summed E-state index contributed by atoms with van der Waals surface area (Å²) in [6.07, 6.45) is 4.56. The highest BCUT2D eigenvalue weighted by Gasteiger charge is 2.21. The van der Waals surface area contributed by atoms with Gasteiger partial charge < -0.3 is 4.74 Å². The van der Waals surface area contributed by atoms with E-state index < -0.39 is 5.82 Å². The number of Topliss-reactive ketones (excluding diaryl/α,β-unsaturated/α-hetero) is 1. The number of hydrogen-bond donors (Lipinski definition) is 0. The fourth-order valence-electron chi connectivity index (χ4n) is 2.19. The molecule has 0 amide bonds. The molecule has 0 aliphatic heterocycles. The minimum absolute atomic E-state index is 0.107. The molecule has 0 fully saturated rings. The Morgan fingerprint density at radius 3 is 2.83 bits per heavy atom. The molecule has 1 aliphatic carbocycles. The van der Waals surface area contributed by atoms with Crippen LogP contribution in [0.2, 0.25) is 0 Å². The van der Waals surface area contributed by atoms with Gasteiger partial charge in [0.15, 0.2) is 17.3 Å². The third kappa shape index (κ3) is 2.45. The Kier molecular flexibility index (Phi) is 3.80. The predicted octanol–water partition coefficient (Wildman–Crippen LogP) is 3.76. The second kappa shape index (κ2) is 5.34. The number of rotatable bonds is 3. The summed E-state index contributed by atoms with van der Waals surface area (Å²) < 4.78 is 18.9. The van der Waals surface area contributed by atoms with Crippen LogP contribution in [0.15, 0.2) is 29.8 Å². The van der Waals surface area contributed by atoms with E-state index in [9.17, 15) is 9.18 Å². The molecule has 1 unspecified atom stereocenters. The monoisotopic (exact) mass is 248 g/mol. The zero-order chi connectivity index (χ0) is 13.1. The Morgan fingerprint density at radius 2 is 2.22 bits per heavy atom. The van der Waals surface area contributed by atoms with Crippen molar-refractivity contribution in [3.63, 3.8) is 0 Å². The number of allylic oxidation sites excluding steroid dienone is 2. The van der Waals surface area contributed by atoms with Gasteiger partial charge in [-0.3, -0.25) is 4.79 Å². The normalized spacial score (nSPS) is 19.3. The van der Waals surface area contributed by atoms with E-state index in [-0.39, 0.29) is 17.1 Å². The standard InChI is InChI=1S/C15H17FO2/c1-10-6-8-11(9-7-10)15(17)12-4-3-5-13(18-2)14(12)16/h3-5,8,10H,6-7,9H2,1-2H3. The van der Waals surface area contributed by atoms with Gasteiger partial charge in [0.25, 0.3) is 0 Å². The van der Waals surface area contributed by atoms with Gasteiger partial charge in [0.1, 0.15) is 0 Å². The predicted molar refractivity (Wildman–Crippen MR) is 68.4 cm³/mol. The fourth-order valence-corrected chi connectivity index (χ4v) is 2.19. The summed E-state index contributed by atoms with van der Waals surface area (Å²) in [5.74, 6) is -0.0508. The molecule has 0 saturated heterocycles. The molecule has 2 nitrogen and oxygen atoms in total. The van der Waals surface area contributed by atoms with Crippen molar-refractivity contribution in [1.29, 1.82) is 0 Å². The van der Waals surface area contributed by atoms with Gasteiger partial charge in [-0.1, -0.05) is 19.1 Å². The Labute approximate surface area is 106 Å². The SMILES string of the molecule is COc1cccc(C(=O)C2=CCC(C)CC2)c1F. The van der Waals surface area contributed by atoms with Crippen LogP contribution in [-0.4, -0.2) is 12.9 Å². The molecule has 2 rings (SSSR count). The van der Waals surface area contributed by atoms with Crippen LogP contribution in [0.1, 0.15) is 36.5 Å². The average molecular weight is 248 g/mol. The largest absolute Gasteiger partial charge is 0.494 e. The number of ketones is 1. The summed E-state index contributed by atoms with van der Waals surface area (Å²) in [5, 5.41) is 0. The summed E-state index contributed by atoms with van der Waals surface area (Å²) in [6, 6.07) is 4.67. The molecular weight excluding hydrogens is 231 g/mol. The number of carbonyl (C=O) groups excluding carboxylic acids is 1. The fraction of sp³-hybridized carbons (Fsp3) is 0.400. The van der Waals surface area contributed by atoms with Crippen molar-refractivity contribution in [2.24, 2.45) is 5.92 Å². The minimum Gasteiger partial charge on any atom is -0.494 e. The molecule has 0 heterocycles. The zero-order valence-electron chi connectivity index (χ0n) is 10.7. The third-order valence-electron chi connectivity index (χ3n) is 3.39. The lowest BCUT2D eigenvalue weighted by atomic mass is 9.87. The maximum absolute atomic E-state index is 14.0. The lowest BCUT2D eigenvalue weighted by molar-refractivity contribution is 0.102. The van der Waals surface area contributed by atoms with Gasteiger partial charge in [-0.2, -0.15) is 0 Å². The highest BCUT2D eigenvalue weighted by Crippen LogP contribution is 2.28. The van der Waals surface area contributed by atoms with E-state index in [1.807, 2.05) is 6.08 Å². The lowest BCUT2D eigenvalue weighted by Gasteiger charge is -2.17. The maximum atomic E-state index is 14.0. The van der Waals surface area contributed by atoms with Crippen molar-refractivity contribution in [3.8, 4) is 5.75 Å². The Hall–Kier alpha value is -1.64. The zero-order valence-corrected chi connectivity index (χ0v) is 10.7. The van der Waals surface area contributed by atoms with Crippen molar-refractivity contribution >= 4 is 5.78 Å². The molecule has 1 atom stereocenters. The number of ether oxygens (including phenoxy) is 1. The molecule has 1 aromatic carbocycles. The molecular formula is C15H17FO2. The maximum Gasteiger partial charge on any atom is 0.191 e. The number of halogens is 1. The highest BCUT2D eigenvalue weighted by atomic mass is 19.1. The van der Waals surface area contributed by atoms with Crippen LogP contribution in [-0.2, 0) is 0 Å². The number of methoxy groups -OCH3 is 1. The van der Waals surface area contributed by atoms with Crippen molar-refractivity contribution in [2.45, 2.75) is 26.2 Å². The van der Waals surface area contributed by atoms with E-state index >= 15 is 0 Å². The molecule has 3 heteroatoms. The van der Waals surface area contributed by atoms with E-state index in [2.05, 4.69) is 6.92 Å². The van der Waals surface area contributed by atoms with Crippen LogP contribution in [0.25, 0.3) is 0 Å². The minimum atomic E-state index is -0.565. The van der Waals surface area contributed by atoms with Crippen molar-refractivity contribution in [1.82, 2.24) is 0 Å². The van der Waals surface area contributed by atoms with E-state index in [1.54, 1.807) is 6.07 Å². The molecule has 1 aliphatic rings. The van der Waals surface area contributed by atoms with Crippen LogP contribution >= 0.6 is 0 Å². The van der Waals surface area contributed by atoms with Gasteiger partial charge in [0.05, 0.1) is 12.7 Å². The summed E-state index contributed by atoms with van der Waals surface area (Å²) in [4.78, 5) is 12.2. The summed E-state index contributed by atoms with van der Waals surface area (Å²) in [5.41, 5.74) is 0.829. The highest BCUT2D eigenvalue weighted by molar-refractivity contribution is 6.09. The van der Waals surface area contributed by atoms with Crippen LogP contribution in [0.4, 0.5) is 4.39 Å². The third-order valence-corrected chi connectivity index (χ3v) is 3.39. The first-order valence-corrected chi connectivity index (χ1v) is 6.19. The van der Waals surface area contributed by atoms with Crippen LogP contribution in [0, 0.1) is 11.7 Å². The summed E-state index contributed by atoms with van der Waals surface area (Å²) in [6.45, 7) is 2.16. The summed E-state index contributed by atoms with van der Waals surface area (Å²) >= 11 is 0. The Bertz CT molecular complexity index is 491. The van der Waals surface area contributed by atoms with Crippen molar-refractivity contribution in [3.05, 3.63) is 41.2 Å². The van der Waals surface area contributed by atoms with Gasteiger partial charge in [-0.15, -0.1) is 0 Å². The number of benzene rings is 1. The van der Waals surface area contributed by atoms with E-state index in [4.69, 9.17) is 4.74 Å². The van der Waals surface area contributed by atoms with Gasteiger partial charge in [-0.05, 0) is 42.9 Å². The Morgan fingerprint density at radius 1 is 1.44 bits per heavy atom. The van der Waals surface area contributed by atoms with Crippen LogP contribution in [0.3, 0.4) is 0 Å². The Balaban J connectivity index is 2.29. The molecule has 18 heavy (non-hydrogen) atoms. The van der Waals surface area contributed by atoms with Crippen molar-refractivity contribution < 1.29 is 13.9 Å². The molecule has 96 valence electrons. The smallest absolute Gasteiger partial charge is 0.191 e. The van der Waals surface area contributed by atoms with E-state index in [0.717, 1.165) is 24.8 Å². The molecule has 0 spiro atoms. The van der Waals surface area contributed by atoms with Gasteiger partial charge in [-0.25, -0.2) is 4.39 Å². The van der Waals surface area contributed by atoms with Crippen LogP contribution in [0.5, 0.6) is 5.75 Å². The molecule has 0 radical (unpaired) electrons. The second-order valence-electron chi connectivity index (χ2n) is 4.76. The summed E-state index contributed by atoms with van der Waals surface area (Å²) in [7, 11) is 1.40. The van der Waals surface area contributed by atoms with Gasteiger partial charge in [0.2, 0.25) is 0 Å². The lowest BCUT2D eigenvalue weighted by Crippen LogP contribution is -2.12. The quantitative estimate of drug-likeness (QED) is 0.761. The molecule has 0 bridgehead atoms. The number of carbonyl (C=O) groups is 1. The molecule has 0 saturated carbocycles.